The number of hydrogen-bond acceptors (Lipinski definition) is 6. The Balaban J connectivity index is 2.27. The summed E-state index contributed by atoms with van der Waals surface area (Å²) < 4.78 is 0. The van der Waals surface area contributed by atoms with Crippen molar-refractivity contribution >= 4 is 11.5 Å². The maximum atomic E-state index is 11.0. The molecule has 0 atom stereocenters. The quantitative estimate of drug-likeness (QED) is 0.404. The van der Waals surface area contributed by atoms with E-state index in [4.69, 9.17) is 5.73 Å². The number of nitrogens with zero attached hydrogens (tertiary/aromatic N) is 3. The van der Waals surface area contributed by atoms with Crippen LogP contribution in [0, 0.1) is 21.4 Å². The summed E-state index contributed by atoms with van der Waals surface area (Å²) in [7, 11) is 0. The third-order valence-corrected chi connectivity index (χ3v) is 5.27. The molecule has 3 rings (SSSR count). The smallest absolute Gasteiger partial charge is 0.269 e. The lowest BCUT2D eigenvalue weighted by Gasteiger charge is -2.18. The molecule has 0 fully saturated rings. The van der Waals surface area contributed by atoms with E-state index in [0.717, 1.165) is 11.1 Å². The van der Waals surface area contributed by atoms with Crippen molar-refractivity contribution in [2.45, 2.75) is 39.5 Å². The molecule has 2 aromatic carbocycles. The van der Waals surface area contributed by atoms with Gasteiger partial charge in [-0.05, 0) is 52.8 Å². The van der Waals surface area contributed by atoms with Crippen molar-refractivity contribution in [3.8, 4) is 34.2 Å². The van der Waals surface area contributed by atoms with E-state index in [1.807, 2.05) is 26.0 Å². The average Bonchev–Trinajstić information content (AvgIpc) is 2.73. The zero-order valence-corrected chi connectivity index (χ0v) is 17.9. The molecule has 3 N–H and O–H groups in total. The number of nitrogens with two attached hydrogens (primary N) is 1. The minimum atomic E-state index is -0.482. The van der Waals surface area contributed by atoms with Gasteiger partial charge in [0.25, 0.3) is 5.69 Å². The largest absolute Gasteiger partial charge is 0.507 e. The molecule has 1 aromatic heterocycles. The predicted octanol–water partition coefficient (Wildman–Crippen LogP) is 5.73. The molecular formula is C24H24N4O3. The second kappa shape index (κ2) is 8.44. The Labute approximate surface area is 180 Å². The summed E-state index contributed by atoms with van der Waals surface area (Å²) in [6.07, 6.45) is 0. The number of aromatic nitrogens is 1. The summed E-state index contributed by atoms with van der Waals surface area (Å²) in [4.78, 5) is 14.9. The van der Waals surface area contributed by atoms with Gasteiger partial charge in [0.2, 0.25) is 0 Å². The number of nitrogen functional groups attached to an aromatic ring is 1. The van der Waals surface area contributed by atoms with Gasteiger partial charge in [0, 0.05) is 23.3 Å². The lowest BCUT2D eigenvalue weighted by atomic mass is 9.90. The Bertz CT molecular complexity index is 1190. The number of anilines is 1. The highest BCUT2D eigenvalue weighted by atomic mass is 16.6. The number of pyridine rings is 1. The van der Waals surface area contributed by atoms with Gasteiger partial charge in [-0.3, -0.25) is 10.1 Å². The molecule has 0 aliphatic rings. The van der Waals surface area contributed by atoms with Gasteiger partial charge in [-0.25, -0.2) is 4.98 Å². The molecule has 1 heterocycles. The van der Waals surface area contributed by atoms with Crippen LogP contribution in [-0.4, -0.2) is 15.0 Å². The molecule has 31 heavy (non-hydrogen) atoms. The van der Waals surface area contributed by atoms with E-state index in [2.05, 4.69) is 24.9 Å². The van der Waals surface area contributed by atoms with E-state index in [9.17, 15) is 20.5 Å². The first-order chi connectivity index (χ1) is 14.6. The zero-order valence-electron chi connectivity index (χ0n) is 17.9. The highest BCUT2D eigenvalue weighted by Crippen LogP contribution is 2.40. The van der Waals surface area contributed by atoms with Gasteiger partial charge < -0.3 is 10.8 Å². The monoisotopic (exact) mass is 416 g/mol. The number of phenolic OH excluding ortho intramolecular Hbond substituents is 1. The Hall–Kier alpha value is -3.92. The molecule has 7 heteroatoms. The fourth-order valence-electron chi connectivity index (χ4n) is 3.46. The summed E-state index contributed by atoms with van der Waals surface area (Å²) in [5, 5.41) is 31.6. The highest BCUT2D eigenvalue weighted by Gasteiger charge is 2.20. The normalized spacial score (nSPS) is 11.0. The SMILES string of the molecule is CC(C)c1cc(-c2cc(-c3ccc([N+](=O)[O-])cc3)c(C#N)c(N)n2)c(O)c(C(C)C)c1. The van der Waals surface area contributed by atoms with Crippen LogP contribution in [0.2, 0.25) is 0 Å². The summed E-state index contributed by atoms with van der Waals surface area (Å²) in [6, 6.07) is 13.5. The molecule has 7 nitrogen and oxygen atoms in total. The Morgan fingerprint density at radius 1 is 1.06 bits per heavy atom. The van der Waals surface area contributed by atoms with Crippen LogP contribution in [0.5, 0.6) is 5.75 Å². The van der Waals surface area contributed by atoms with Crippen LogP contribution < -0.4 is 5.73 Å². The predicted molar refractivity (Wildman–Crippen MR) is 121 cm³/mol. The topological polar surface area (TPSA) is 126 Å². The summed E-state index contributed by atoms with van der Waals surface area (Å²) in [5.74, 6) is 0.503. The van der Waals surface area contributed by atoms with Gasteiger partial charge in [-0.1, -0.05) is 33.8 Å². The minimum absolute atomic E-state index is 0.0359. The third-order valence-electron chi connectivity index (χ3n) is 5.27. The number of nitro groups is 1. The van der Waals surface area contributed by atoms with Gasteiger partial charge in [-0.2, -0.15) is 5.26 Å². The molecule has 0 aliphatic heterocycles. The fourth-order valence-corrected chi connectivity index (χ4v) is 3.46. The van der Waals surface area contributed by atoms with Crippen molar-refractivity contribution < 1.29 is 10.0 Å². The first-order valence-corrected chi connectivity index (χ1v) is 9.96. The maximum absolute atomic E-state index is 11.0. The van der Waals surface area contributed by atoms with Gasteiger partial charge >= 0.3 is 0 Å². The number of rotatable bonds is 5. The number of aromatic hydroxyl groups is 1. The molecule has 0 saturated heterocycles. The van der Waals surface area contributed by atoms with E-state index in [1.165, 1.54) is 12.1 Å². The van der Waals surface area contributed by atoms with Crippen molar-refractivity contribution in [2.75, 3.05) is 5.73 Å². The summed E-state index contributed by atoms with van der Waals surface area (Å²) in [5.41, 5.74) is 10.2. The number of benzene rings is 2. The number of nitriles is 1. The number of nitro benzene ring substituents is 1. The van der Waals surface area contributed by atoms with Gasteiger partial charge in [0.1, 0.15) is 23.2 Å². The van der Waals surface area contributed by atoms with Crippen LogP contribution in [0.3, 0.4) is 0 Å². The van der Waals surface area contributed by atoms with Gasteiger partial charge in [0.15, 0.2) is 0 Å². The zero-order chi connectivity index (χ0) is 22.9. The van der Waals surface area contributed by atoms with E-state index < -0.39 is 4.92 Å². The first kappa shape index (κ1) is 21.8. The van der Waals surface area contributed by atoms with E-state index >= 15 is 0 Å². The van der Waals surface area contributed by atoms with Crippen LogP contribution in [0.4, 0.5) is 11.5 Å². The van der Waals surface area contributed by atoms with E-state index in [0.29, 0.717) is 22.4 Å². The average molecular weight is 416 g/mol. The van der Waals surface area contributed by atoms with Crippen molar-refractivity contribution in [3.63, 3.8) is 0 Å². The number of non-ortho nitro benzene ring substituents is 1. The molecule has 0 aliphatic carbocycles. The summed E-state index contributed by atoms with van der Waals surface area (Å²) in [6.45, 7) is 8.16. The number of phenols is 1. The lowest BCUT2D eigenvalue weighted by molar-refractivity contribution is -0.384. The van der Waals surface area contributed by atoms with E-state index in [-0.39, 0.29) is 34.7 Å². The molecule has 0 radical (unpaired) electrons. The van der Waals surface area contributed by atoms with Crippen molar-refractivity contribution in [1.82, 2.24) is 4.98 Å². The Kier molecular flexibility index (Phi) is 5.93. The Morgan fingerprint density at radius 3 is 2.23 bits per heavy atom. The van der Waals surface area contributed by atoms with Crippen molar-refractivity contribution in [1.29, 1.82) is 5.26 Å². The molecule has 0 amide bonds. The third kappa shape index (κ3) is 4.19. The minimum Gasteiger partial charge on any atom is -0.507 e. The van der Waals surface area contributed by atoms with Crippen LogP contribution in [0.15, 0.2) is 42.5 Å². The first-order valence-electron chi connectivity index (χ1n) is 9.96. The van der Waals surface area contributed by atoms with Crippen LogP contribution >= 0.6 is 0 Å². The summed E-state index contributed by atoms with van der Waals surface area (Å²) >= 11 is 0. The molecule has 0 bridgehead atoms. The van der Waals surface area contributed by atoms with Gasteiger partial charge in [-0.15, -0.1) is 0 Å². The second-order valence-electron chi connectivity index (χ2n) is 8.05. The molecule has 158 valence electrons. The molecule has 0 unspecified atom stereocenters. The fraction of sp³-hybridized carbons (Fsp3) is 0.250. The van der Waals surface area contributed by atoms with Gasteiger partial charge in [0.05, 0.1) is 10.6 Å². The van der Waals surface area contributed by atoms with Crippen LogP contribution in [0.1, 0.15) is 56.2 Å². The molecular weight excluding hydrogens is 392 g/mol. The Morgan fingerprint density at radius 2 is 1.71 bits per heavy atom. The standard InChI is InChI=1S/C24H24N4O3/c1-13(2)16-9-18(14(3)4)23(29)20(10-16)22-11-19(21(12-25)24(26)27-22)15-5-7-17(8-6-15)28(30)31/h5-11,13-14,29H,1-4H3,(H2,26,27). The van der Waals surface area contributed by atoms with Crippen molar-refractivity contribution in [3.05, 3.63) is 69.3 Å². The van der Waals surface area contributed by atoms with Crippen molar-refractivity contribution in [2.24, 2.45) is 0 Å². The second-order valence-corrected chi connectivity index (χ2v) is 8.05. The maximum Gasteiger partial charge on any atom is 0.269 e. The van der Waals surface area contributed by atoms with Crippen LogP contribution in [0.25, 0.3) is 22.4 Å². The highest BCUT2D eigenvalue weighted by molar-refractivity contribution is 5.82. The number of hydrogen-bond donors (Lipinski definition) is 2. The lowest BCUT2D eigenvalue weighted by Crippen LogP contribution is -2.02. The van der Waals surface area contributed by atoms with Crippen LogP contribution in [-0.2, 0) is 0 Å². The molecule has 0 saturated carbocycles. The van der Waals surface area contributed by atoms with E-state index in [1.54, 1.807) is 18.2 Å². The molecule has 3 aromatic rings. The molecule has 0 spiro atoms.